The molecule has 142 valence electrons. The fourth-order valence-electron chi connectivity index (χ4n) is 3.37. The Labute approximate surface area is 160 Å². The van der Waals surface area contributed by atoms with E-state index >= 15 is 0 Å². The molecule has 2 aromatic carbocycles. The van der Waals surface area contributed by atoms with Crippen LogP contribution in [0.25, 0.3) is 0 Å². The summed E-state index contributed by atoms with van der Waals surface area (Å²) in [7, 11) is 3.96. The Morgan fingerprint density at radius 3 is 2.56 bits per heavy atom. The zero-order chi connectivity index (χ0) is 19.4. The maximum Gasteiger partial charge on any atom is 0.222 e. The van der Waals surface area contributed by atoms with Crippen LogP contribution in [0.15, 0.2) is 53.5 Å². The third-order valence-electron chi connectivity index (χ3n) is 4.74. The summed E-state index contributed by atoms with van der Waals surface area (Å²) < 4.78 is 0. The molecule has 3 N–H and O–H groups in total. The smallest absolute Gasteiger partial charge is 0.222 e. The molecule has 0 radical (unpaired) electrons. The fourth-order valence-corrected chi connectivity index (χ4v) is 3.37. The van der Waals surface area contributed by atoms with Crippen LogP contribution < -0.4 is 11.1 Å². The summed E-state index contributed by atoms with van der Waals surface area (Å²) in [5.74, 6) is 0.901. The average Bonchev–Trinajstić information content (AvgIpc) is 2.67. The zero-order valence-corrected chi connectivity index (χ0v) is 16.1. The molecule has 3 rings (SSSR count). The molecule has 1 amide bonds. The lowest BCUT2D eigenvalue weighted by atomic mass is 9.98. The number of nitrogens with one attached hydrogen (secondary N) is 1. The van der Waals surface area contributed by atoms with Crippen molar-refractivity contribution >= 4 is 23.2 Å². The number of benzene rings is 2. The Morgan fingerprint density at radius 2 is 1.89 bits per heavy atom. The van der Waals surface area contributed by atoms with Gasteiger partial charge in [0.1, 0.15) is 0 Å². The van der Waals surface area contributed by atoms with Gasteiger partial charge in [-0.05, 0) is 30.7 Å². The van der Waals surface area contributed by atoms with Crippen LogP contribution in [-0.4, -0.2) is 42.3 Å². The second kappa shape index (κ2) is 8.12. The van der Waals surface area contributed by atoms with E-state index in [-0.39, 0.29) is 11.9 Å². The van der Waals surface area contributed by atoms with Crippen LogP contribution >= 0.6 is 0 Å². The van der Waals surface area contributed by atoms with E-state index in [0.29, 0.717) is 13.0 Å². The predicted molar refractivity (Wildman–Crippen MR) is 110 cm³/mol. The Bertz CT molecular complexity index is 829. The summed E-state index contributed by atoms with van der Waals surface area (Å²) >= 11 is 0. The lowest BCUT2D eigenvalue weighted by molar-refractivity contribution is -0.122. The third-order valence-corrected chi connectivity index (χ3v) is 4.74. The van der Waals surface area contributed by atoms with Gasteiger partial charge in [-0.2, -0.15) is 0 Å². The molecule has 0 fully saturated rings. The maximum absolute atomic E-state index is 12.7. The molecular weight excluding hydrogens is 338 g/mol. The Balaban J connectivity index is 1.76. The number of carbonyl (C=O) groups is 1. The number of hydrogen-bond acceptors (Lipinski definition) is 5. The van der Waals surface area contributed by atoms with Crippen molar-refractivity contribution in [3.63, 3.8) is 0 Å². The van der Waals surface area contributed by atoms with Crippen molar-refractivity contribution in [3.05, 3.63) is 59.7 Å². The Kier molecular flexibility index (Phi) is 5.64. The highest BCUT2D eigenvalue weighted by molar-refractivity contribution is 5.87. The summed E-state index contributed by atoms with van der Waals surface area (Å²) in [6, 6.07) is 15.6. The van der Waals surface area contributed by atoms with Crippen LogP contribution in [0.3, 0.4) is 0 Å². The number of carbonyl (C=O) groups excluding carboxylic acids is 1. The largest absolute Gasteiger partial charge is 0.399 e. The predicted octanol–water partition coefficient (Wildman–Crippen LogP) is 2.90. The van der Waals surface area contributed by atoms with E-state index in [1.54, 1.807) is 0 Å². The van der Waals surface area contributed by atoms with E-state index in [4.69, 9.17) is 10.7 Å². The SMILES string of the molecule is CCN1C(N(C)C)=Nc2ccccc2C1CC(=O)NCc1ccc(N)cc1. The first-order chi connectivity index (χ1) is 13.0. The second-order valence-corrected chi connectivity index (χ2v) is 6.89. The number of hydrogen-bond donors (Lipinski definition) is 2. The van der Waals surface area contributed by atoms with Crippen LogP contribution in [-0.2, 0) is 11.3 Å². The van der Waals surface area contributed by atoms with E-state index in [1.165, 1.54) is 0 Å². The number of rotatable bonds is 5. The summed E-state index contributed by atoms with van der Waals surface area (Å²) in [4.78, 5) is 21.6. The summed E-state index contributed by atoms with van der Waals surface area (Å²) in [6.45, 7) is 3.36. The van der Waals surface area contributed by atoms with Gasteiger partial charge in [0.15, 0.2) is 0 Å². The van der Waals surface area contributed by atoms with Crippen LogP contribution in [0.2, 0.25) is 0 Å². The molecule has 27 heavy (non-hydrogen) atoms. The average molecular weight is 365 g/mol. The number of anilines is 1. The van der Waals surface area contributed by atoms with Gasteiger partial charge >= 0.3 is 0 Å². The highest BCUT2D eigenvalue weighted by Gasteiger charge is 2.31. The quantitative estimate of drug-likeness (QED) is 0.799. The van der Waals surface area contributed by atoms with Crippen molar-refractivity contribution in [3.8, 4) is 0 Å². The first kappa shape index (κ1) is 18.8. The first-order valence-corrected chi connectivity index (χ1v) is 9.22. The van der Waals surface area contributed by atoms with Gasteiger partial charge in [0.2, 0.25) is 11.9 Å². The normalized spacial score (nSPS) is 15.7. The lowest BCUT2D eigenvalue weighted by Crippen LogP contribution is -2.45. The molecule has 0 aromatic heterocycles. The van der Waals surface area contributed by atoms with E-state index in [9.17, 15) is 4.79 Å². The van der Waals surface area contributed by atoms with Crippen LogP contribution in [0.1, 0.15) is 30.5 Å². The molecular formula is C21H27N5O. The van der Waals surface area contributed by atoms with Gasteiger partial charge in [0, 0.05) is 38.4 Å². The van der Waals surface area contributed by atoms with Crippen molar-refractivity contribution in [1.29, 1.82) is 0 Å². The number of guanidine groups is 1. The van der Waals surface area contributed by atoms with Gasteiger partial charge in [-0.15, -0.1) is 0 Å². The van der Waals surface area contributed by atoms with E-state index in [0.717, 1.165) is 35.0 Å². The molecule has 0 saturated heterocycles. The number of fused-ring (bicyclic) bond motifs is 1. The van der Waals surface area contributed by atoms with Gasteiger partial charge < -0.3 is 20.9 Å². The highest BCUT2D eigenvalue weighted by Crippen LogP contribution is 2.36. The lowest BCUT2D eigenvalue weighted by Gasteiger charge is -2.39. The van der Waals surface area contributed by atoms with Crippen molar-refractivity contribution in [2.75, 3.05) is 26.4 Å². The van der Waals surface area contributed by atoms with Crippen molar-refractivity contribution < 1.29 is 4.79 Å². The molecule has 1 heterocycles. The molecule has 0 aliphatic carbocycles. The van der Waals surface area contributed by atoms with Crippen LogP contribution in [0, 0.1) is 0 Å². The fraction of sp³-hybridized carbons (Fsp3) is 0.333. The summed E-state index contributed by atoms with van der Waals surface area (Å²) in [5.41, 5.74) is 9.49. The molecule has 6 heteroatoms. The molecule has 1 aliphatic rings. The van der Waals surface area contributed by atoms with E-state index < -0.39 is 0 Å². The zero-order valence-electron chi connectivity index (χ0n) is 16.1. The minimum atomic E-state index is -0.0347. The third kappa shape index (κ3) is 4.22. The number of nitrogen functional groups attached to an aromatic ring is 1. The Morgan fingerprint density at radius 1 is 1.19 bits per heavy atom. The molecule has 6 nitrogen and oxygen atoms in total. The summed E-state index contributed by atoms with van der Waals surface area (Å²) in [5, 5.41) is 3.03. The highest BCUT2D eigenvalue weighted by atomic mass is 16.1. The van der Waals surface area contributed by atoms with Gasteiger partial charge in [-0.1, -0.05) is 30.3 Å². The van der Waals surface area contributed by atoms with E-state index in [2.05, 4.69) is 23.2 Å². The summed E-state index contributed by atoms with van der Waals surface area (Å²) in [6.07, 6.45) is 0.382. The van der Waals surface area contributed by atoms with E-state index in [1.807, 2.05) is 61.5 Å². The molecule has 0 bridgehead atoms. The van der Waals surface area contributed by atoms with Crippen molar-refractivity contribution in [2.24, 2.45) is 4.99 Å². The molecule has 0 spiro atoms. The van der Waals surface area contributed by atoms with Crippen LogP contribution in [0.4, 0.5) is 11.4 Å². The van der Waals surface area contributed by atoms with Gasteiger partial charge in [-0.25, -0.2) is 4.99 Å². The maximum atomic E-state index is 12.7. The minimum Gasteiger partial charge on any atom is -0.399 e. The van der Waals surface area contributed by atoms with Crippen LogP contribution in [0.5, 0.6) is 0 Å². The first-order valence-electron chi connectivity index (χ1n) is 9.22. The number of para-hydroxylation sites is 1. The molecule has 1 atom stereocenters. The molecule has 1 aliphatic heterocycles. The topological polar surface area (TPSA) is 74.0 Å². The van der Waals surface area contributed by atoms with Crippen molar-refractivity contribution in [2.45, 2.75) is 25.9 Å². The Hall–Kier alpha value is -3.02. The number of aliphatic imine (C=N–C) groups is 1. The second-order valence-electron chi connectivity index (χ2n) is 6.89. The molecule has 0 saturated carbocycles. The van der Waals surface area contributed by atoms with Gasteiger partial charge in [0.25, 0.3) is 0 Å². The van der Waals surface area contributed by atoms with Crippen molar-refractivity contribution in [1.82, 2.24) is 15.1 Å². The standard InChI is InChI=1S/C21H27N5O/c1-4-26-19(13-20(27)23-14-15-9-11-16(22)12-10-15)17-7-5-6-8-18(17)24-21(26)25(2)3/h5-12,19H,4,13-14,22H2,1-3H3,(H,23,27). The number of amides is 1. The number of nitrogens with two attached hydrogens (primary N) is 1. The molecule has 1 unspecified atom stereocenters. The van der Waals surface area contributed by atoms with Gasteiger partial charge in [0.05, 0.1) is 18.2 Å². The monoisotopic (exact) mass is 365 g/mol. The van der Waals surface area contributed by atoms with Gasteiger partial charge in [-0.3, -0.25) is 4.79 Å². The number of nitrogens with zero attached hydrogens (tertiary/aromatic N) is 3. The molecule has 2 aromatic rings. The minimum absolute atomic E-state index is 0.0186.